The van der Waals surface area contributed by atoms with Crippen molar-refractivity contribution in [1.29, 1.82) is 0 Å². The molecule has 0 fully saturated rings. The van der Waals surface area contributed by atoms with Crippen LogP contribution in [-0.2, 0) is 12.8 Å². The Balaban J connectivity index is 1.67. The number of aliphatic imine (C=N–C) groups is 2. The molecule has 0 saturated heterocycles. The van der Waals surface area contributed by atoms with Crippen molar-refractivity contribution < 1.29 is 10.2 Å². The Morgan fingerprint density at radius 2 is 0.857 bits per heavy atom. The molecule has 4 heteroatoms. The number of phenols is 2. The lowest BCUT2D eigenvalue weighted by Crippen LogP contribution is -2.00. The number of aryl methyl sites for hydroxylation is 2. The van der Waals surface area contributed by atoms with Gasteiger partial charge in [0.15, 0.2) is 0 Å². The Bertz CT molecular complexity index is 1270. The number of nitrogens with zero attached hydrogens (tertiary/aromatic N) is 2. The van der Waals surface area contributed by atoms with Gasteiger partial charge in [-0.25, -0.2) is 0 Å². The molecule has 0 saturated carbocycles. The van der Waals surface area contributed by atoms with Crippen molar-refractivity contribution in [3.05, 3.63) is 81.9 Å². The summed E-state index contributed by atoms with van der Waals surface area (Å²) in [6.07, 6.45) is 18.1. The first-order valence-corrected chi connectivity index (χ1v) is 16.2. The monoisotopic (exact) mass is 566 g/mol. The third-order valence-corrected chi connectivity index (χ3v) is 8.54. The summed E-state index contributed by atoms with van der Waals surface area (Å²) < 4.78 is 0. The summed E-state index contributed by atoms with van der Waals surface area (Å²) in [4.78, 5) is 9.49. The number of hydrogen-bond donors (Lipinski definition) is 2. The number of hydrogen-bond acceptors (Lipinski definition) is 4. The van der Waals surface area contributed by atoms with Crippen LogP contribution in [0.4, 0.5) is 11.4 Å². The second kappa shape index (κ2) is 15.7. The lowest BCUT2D eigenvalue weighted by Gasteiger charge is -2.17. The van der Waals surface area contributed by atoms with Crippen LogP contribution < -0.4 is 0 Å². The molecule has 3 heterocycles. The minimum absolute atomic E-state index is 0.229. The molecule has 42 heavy (non-hydrogen) atoms. The van der Waals surface area contributed by atoms with Crippen molar-refractivity contribution in [3.63, 3.8) is 0 Å². The highest BCUT2D eigenvalue weighted by Gasteiger charge is 2.16. The smallest absolute Gasteiger partial charge is 0.128 e. The van der Waals surface area contributed by atoms with Crippen LogP contribution >= 0.6 is 0 Å². The molecule has 6 rings (SSSR count). The molecule has 224 valence electrons. The Kier molecular flexibility index (Phi) is 11.8. The van der Waals surface area contributed by atoms with Gasteiger partial charge in [-0.2, -0.15) is 0 Å². The van der Waals surface area contributed by atoms with Gasteiger partial charge in [-0.1, -0.05) is 103 Å². The maximum Gasteiger partial charge on any atom is 0.128 e. The SMILES string of the molecule is CC(C)c1c2ccc(c1O)C=Nc1ccccc1N=Cc1ccc(c(C(C)C)c1O)CCCCCCCCCCCC2. The van der Waals surface area contributed by atoms with Gasteiger partial charge >= 0.3 is 0 Å². The summed E-state index contributed by atoms with van der Waals surface area (Å²) in [5.41, 5.74) is 7.43. The largest absolute Gasteiger partial charge is 0.507 e. The zero-order valence-corrected chi connectivity index (χ0v) is 26.2. The average molecular weight is 567 g/mol. The first-order chi connectivity index (χ1) is 20.4. The standard InChI is InChI=1S/C38H50N2O2/c1-27(2)35-29-17-13-11-9-7-5-6-8-10-12-14-18-30-22-24-32(38(42)36(30)28(3)4)26-40-34-20-16-15-19-33(34)39-25-31(23-21-29)37(35)41/h15-16,19-28,41-42H,5-14,17-18H2,1-4H3. The van der Waals surface area contributed by atoms with Gasteiger partial charge in [-0.15, -0.1) is 0 Å². The summed E-state index contributed by atoms with van der Waals surface area (Å²) in [6, 6.07) is 16.1. The molecule has 0 atom stereocenters. The van der Waals surface area contributed by atoms with E-state index in [4.69, 9.17) is 9.98 Å². The molecule has 3 aromatic rings. The van der Waals surface area contributed by atoms with E-state index in [1.54, 1.807) is 12.4 Å². The highest BCUT2D eigenvalue weighted by atomic mass is 16.3. The molecule has 0 aliphatic carbocycles. The highest BCUT2D eigenvalue weighted by molar-refractivity contribution is 5.90. The quantitative estimate of drug-likeness (QED) is 0.324. The van der Waals surface area contributed by atoms with Crippen molar-refractivity contribution >= 4 is 23.8 Å². The molecule has 4 nitrogen and oxygen atoms in total. The Morgan fingerprint density at radius 3 is 1.21 bits per heavy atom. The average Bonchev–Trinajstić information content (AvgIpc) is 2.96. The van der Waals surface area contributed by atoms with Crippen LogP contribution in [0.3, 0.4) is 0 Å². The first kappa shape index (κ1) is 31.5. The predicted molar refractivity (Wildman–Crippen MR) is 179 cm³/mol. The number of rotatable bonds is 2. The molecule has 0 spiro atoms. The molecule has 0 amide bonds. The molecule has 2 N–H and O–H groups in total. The van der Waals surface area contributed by atoms with Crippen molar-refractivity contribution in [3.8, 4) is 11.5 Å². The van der Waals surface area contributed by atoms with Gasteiger partial charge in [0.05, 0.1) is 11.4 Å². The van der Waals surface area contributed by atoms with E-state index in [1.807, 2.05) is 36.4 Å². The van der Waals surface area contributed by atoms with Crippen LogP contribution in [0.25, 0.3) is 0 Å². The normalized spacial score (nSPS) is 15.9. The molecule has 3 aliphatic heterocycles. The van der Waals surface area contributed by atoms with E-state index < -0.39 is 0 Å². The maximum absolute atomic E-state index is 11.3. The van der Waals surface area contributed by atoms with Crippen LogP contribution in [0, 0.1) is 0 Å². The third-order valence-electron chi connectivity index (χ3n) is 8.54. The molecule has 0 aromatic heterocycles. The fourth-order valence-electron chi connectivity index (χ4n) is 6.27. The highest BCUT2D eigenvalue weighted by Crippen LogP contribution is 2.36. The van der Waals surface area contributed by atoms with E-state index in [0.29, 0.717) is 22.9 Å². The second-order valence-corrected chi connectivity index (χ2v) is 12.5. The molecule has 4 bridgehead atoms. The summed E-state index contributed by atoms with van der Waals surface area (Å²) in [6.45, 7) is 8.59. The number of benzene rings is 3. The van der Waals surface area contributed by atoms with Gasteiger partial charge in [0.25, 0.3) is 0 Å². The lowest BCUT2D eigenvalue weighted by molar-refractivity contribution is 0.461. The Hall–Kier alpha value is -3.40. The van der Waals surface area contributed by atoms with E-state index >= 15 is 0 Å². The van der Waals surface area contributed by atoms with E-state index in [-0.39, 0.29) is 11.8 Å². The molecule has 0 radical (unpaired) electrons. The molecule has 0 unspecified atom stereocenters. The Labute approximate surface area is 253 Å². The van der Waals surface area contributed by atoms with Gasteiger partial charge < -0.3 is 10.2 Å². The lowest BCUT2D eigenvalue weighted by atomic mass is 9.90. The van der Waals surface area contributed by atoms with Crippen LogP contribution in [0.1, 0.15) is 137 Å². The fraction of sp³-hybridized carbons (Fsp3) is 0.474. The van der Waals surface area contributed by atoms with Crippen molar-refractivity contribution in [1.82, 2.24) is 0 Å². The van der Waals surface area contributed by atoms with Gasteiger partial charge in [0.1, 0.15) is 11.5 Å². The number of aromatic hydroxyl groups is 2. The van der Waals surface area contributed by atoms with Gasteiger partial charge in [-0.05, 0) is 72.9 Å². The zero-order valence-electron chi connectivity index (χ0n) is 26.2. The van der Waals surface area contributed by atoms with Crippen molar-refractivity contribution in [2.45, 2.75) is 117 Å². The maximum atomic E-state index is 11.3. The Morgan fingerprint density at radius 1 is 0.500 bits per heavy atom. The minimum atomic E-state index is 0.229. The van der Waals surface area contributed by atoms with Crippen LogP contribution in [0.5, 0.6) is 11.5 Å². The topological polar surface area (TPSA) is 65.2 Å². The summed E-state index contributed by atoms with van der Waals surface area (Å²) in [5.74, 6) is 1.12. The number of phenolic OH excluding ortho intramolecular Hbond substituents is 2. The predicted octanol–water partition coefficient (Wildman–Crippen LogP) is 10.8. The molecule has 3 aliphatic rings. The van der Waals surface area contributed by atoms with Gasteiger partial charge in [0, 0.05) is 34.7 Å². The third kappa shape index (κ3) is 8.33. The summed E-state index contributed by atoms with van der Waals surface area (Å²) >= 11 is 0. The van der Waals surface area contributed by atoms with Crippen molar-refractivity contribution in [2.24, 2.45) is 9.98 Å². The van der Waals surface area contributed by atoms with Crippen LogP contribution in [0.15, 0.2) is 58.5 Å². The van der Waals surface area contributed by atoms with E-state index in [2.05, 4.69) is 39.8 Å². The van der Waals surface area contributed by atoms with E-state index in [9.17, 15) is 10.2 Å². The molecule has 3 aromatic carbocycles. The van der Waals surface area contributed by atoms with Gasteiger partial charge in [0.2, 0.25) is 0 Å². The zero-order chi connectivity index (χ0) is 29.9. The molecular formula is C38H50N2O2. The van der Waals surface area contributed by atoms with Gasteiger partial charge in [-0.3, -0.25) is 9.98 Å². The molecular weight excluding hydrogens is 516 g/mol. The van der Waals surface area contributed by atoms with Crippen LogP contribution in [0.2, 0.25) is 0 Å². The van der Waals surface area contributed by atoms with E-state index in [1.165, 1.54) is 62.5 Å². The second-order valence-electron chi connectivity index (χ2n) is 12.5. The van der Waals surface area contributed by atoms with E-state index in [0.717, 1.165) is 47.9 Å². The number of fused-ring (bicyclic) bond motifs is 2. The van der Waals surface area contributed by atoms with Crippen LogP contribution in [-0.4, -0.2) is 22.6 Å². The van der Waals surface area contributed by atoms with Crippen molar-refractivity contribution in [2.75, 3.05) is 0 Å². The summed E-state index contributed by atoms with van der Waals surface area (Å²) in [5, 5.41) is 22.5. The number of para-hydroxylation sites is 2. The minimum Gasteiger partial charge on any atom is -0.507 e. The first-order valence-electron chi connectivity index (χ1n) is 16.2. The summed E-state index contributed by atoms with van der Waals surface area (Å²) in [7, 11) is 0. The fourth-order valence-corrected chi connectivity index (χ4v) is 6.27.